The van der Waals surface area contributed by atoms with E-state index in [0.29, 0.717) is 32.0 Å². The summed E-state index contributed by atoms with van der Waals surface area (Å²) in [4.78, 5) is 15.0. The van der Waals surface area contributed by atoms with Gasteiger partial charge >= 0.3 is 0 Å². The largest absolute Gasteiger partial charge is 0.348 e. The Labute approximate surface area is 156 Å². The smallest absolute Gasteiger partial charge is 0.223 e. The Morgan fingerprint density at radius 3 is 2.65 bits per heavy atom. The van der Waals surface area contributed by atoms with E-state index in [4.69, 9.17) is 9.47 Å². The summed E-state index contributed by atoms with van der Waals surface area (Å²) in [7, 11) is 1.93. The van der Waals surface area contributed by atoms with Crippen molar-refractivity contribution in [1.29, 1.82) is 0 Å². The van der Waals surface area contributed by atoms with E-state index in [0.717, 1.165) is 11.4 Å². The molecule has 1 amide bonds. The van der Waals surface area contributed by atoms with Gasteiger partial charge in [0.05, 0.1) is 24.5 Å². The molecule has 2 aliphatic rings. The van der Waals surface area contributed by atoms with Gasteiger partial charge in [0, 0.05) is 20.0 Å². The van der Waals surface area contributed by atoms with Crippen molar-refractivity contribution in [1.82, 2.24) is 14.7 Å². The number of rotatable bonds is 6. The highest BCUT2D eigenvalue weighted by Crippen LogP contribution is 2.28. The minimum atomic E-state index is -0.564. The molecule has 6 nitrogen and oxygen atoms in total. The van der Waals surface area contributed by atoms with Gasteiger partial charge in [-0.2, -0.15) is 5.10 Å². The quantitative estimate of drug-likeness (QED) is 0.779. The molecule has 0 aromatic carbocycles. The van der Waals surface area contributed by atoms with Crippen LogP contribution in [-0.4, -0.2) is 45.6 Å². The number of nitrogens with zero attached hydrogens (tertiary/aromatic N) is 3. The van der Waals surface area contributed by atoms with Crippen LogP contribution < -0.4 is 0 Å². The molecule has 1 aromatic heterocycles. The van der Waals surface area contributed by atoms with Crippen molar-refractivity contribution in [2.75, 3.05) is 13.2 Å². The Morgan fingerprint density at radius 2 is 2.08 bits per heavy atom. The molecule has 1 saturated heterocycles. The highest BCUT2D eigenvalue weighted by molar-refractivity contribution is 5.76. The van der Waals surface area contributed by atoms with Crippen LogP contribution in [0.5, 0.6) is 0 Å². The average Bonchev–Trinajstić information content (AvgIpc) is 3.08. The first kappa shape index (κ1) is 19.4. The van der Waals surface area contributed by atoms with Crippen LogP contribution in [0.15, 0.2) is 6.07 Å². The predicted octanol–water partition coefficient (Wildman–Crippen LogP) is 3.18. The highest BCUT2D eigenvalue weighted by Gasteiger charge is 2.35. The van der Waals surface area contributed by atoms with E-state index < -0.39 is 5.79 Å². The number of hydrogen-bond acceptors (Lipinski definition) is 4. The summed E-state index contributed by atoms with van der Waals surface area (Å²) in [5.41, 5.74) is 2.03. The van der Waals surface area contributed by atoms with E-state index in [2.05, 4.69) is 11.2 Å². The van der Waals surface area contributed by atoms with Crippen LogP contribution in [-0.2, 0) is 27.9 Å². The molecule has 0 N–H and O–H groups in total. The molecule has 0 unspecified atom stereocenters. The minimum Gasteiger partial charge on any atom is -0.348 e. The zero-order valence-electron chi connectivity index (χ0n) is 16.7. The number of aryl methyl sites for hydroxylation is 2. The number of ether oxygens (including phenoxy) is 2. The second kappa shape index (κ2) is 8.09. The van der Waals surface area contributed by atoms with Crippen LogP contribution >= 0.6 is 0 Å². The molecule has 2 heterocycles. The van der Waals surface area contributed by atoms with Crippen molar-refractivity contribution in [2.45, 2.75) is 77.7 Å². The first-order chi connectivity index (χ1) is 12.3. The maximum Gasteiger partial charge on any atom is 0.223 e. The molecule has 3 rings (SSSR count). The van der Waals surface area contributed by atoms with Crippen molar-refractivity contribution in [2.24, 2.45) is 13.0 Å². The summed E-state index contributed by atoms with van der Waals surface area (Å²) in [5, 5.41) is 4.42. The lowest BCUT2D eigenvalue weighted by molar-refractivity contribution is -0.147. The molecule has 146 valence electrons. The van der Waals surface area contributed by atoms with Gasteiger partial charge in [-0.15, -0.1) is 0 Å². The molecule has 2 fully saturated rings. The van der Waals surface area contributed by atoms with Crippen molar-refractivity contribution in [3.05, 3.63) is 17.5 Å². The Hall–Kier alpha value is -1.40. The van der Waals surface area contributed by atoms with Gasteiger partial charge in [-0.3, -0.25) is 9.48 Å². The van der Waals surface area contributed by atoms with E-state index in [9.17, 15) is 4.79 Å². The van der Waals surface area contributed by atoms with E-state index in [1.165, 1.54) is 32.1 Å². The van der Waals surface area contributed by atoms with Crippen LogP contribution in [0.3, 0.4) is 0 Å². The molecule has 1 atom stereocenters. The first-order valence-corrected chi connectivity index (χ1v) is 9.91. The van der Waals surface area contributed by atoms with Crippen LogP contribution in [0.2, 0.25) is 0 Å². The van der Waals surface area contributed by atoms with E-state index in [-0.39, 0.29) is 12.0 Å². The molecule has 1 aromatic rings. The van der Waals surface area contributed by atoms with Gasteiger partial charge in [-0.25, -0.2) is 0 Å². The second-order valence-corrected chi connectivity index (χ2v) is 8.33. The van der Waals surface area contributed by atoms with Crippen molar-refractivity contribution < 1.29 is 14.3 Å². The van der Waals surface area contributed by atoms with Gasteiger partial charge in [-0.1, -0.05) is 19.3 Å². The fraction of sp³-hybridized carbons (Fsp3) is 0.800. The molecular formula is C20H33N3O3. The molecule has 0 radical (unpaired) electrons. The van der Waals surface area contributed by atoms with E-state index in [1.807, 2.05) is 37.4 Å². The van der Waals surface area contributed by atoms with E-state index in [1.54, 1.807) is 0 Å². The Morgan fingerprint density at radius 1 is 1.35 bits per heavy atom. The predicted molar refractivity (Wildman–Crippen MR) is 99.5 cm³/mol. The van der Waals surface area contributed by atoms with Crippen LogP contribution in [0.25, 0.3) is 0 Å². The van der Waals surface area contributed by atoms with Crippen molar-refractivity contribution >= 4 is 5.91 Å². The van der Waals surface area contributed by atoms with Gasteiger partial charge in [0.25, 0.3) is 0 Å². The van der Waals surface area contributed by atoms with Crippen LogP contribution in [0.1, 0.15) is 63.8 Å². The summed E-state index contributed by atoms with van der Waals surface area (Å²) in [5.74, 6) is 0.194. The maximum absolute atomic E-state index is 13.1. The molecule has 1 aliphatic heterocycles. The molecule has 0 bridgehead atoms. The first-order valence-electron chi connectivity index (χ1n) is 9.91. The molecule has 1 saturated carbocycles. The SMILES string of the molecule is Cc1cc(CN(C[C@@H]2COC(C)(C)O2)C(=O)CC2CCCCC2)n(C)n1. The Balaban J connectivity index is 1.67. The van der Waals surface area contributed by atoms with Crippen LogP contribution in [0.4, 0.5) is 0 Å². The van der Waals surface area contributed by atoms with Crippen LogP contribution in [0, 0.1) is 12.8 Å². The lowest BCUT2D eigenvalue weighted by atomic mass is 9.86. The fourth-order valence-electron chi connectivity index (χ4n) is 4.13. The minimum absolute atomic E-state index is 0.0744. The number of amides is 1. The molecule has 0 spiro atoms. The molecular weight excluding hydrogens is 330 g/mol. The van der Waals surface area contributed by atoms with Crippen molar-refractivity contribution in [3.8, 4) is 0 Å². The molecule has 1 aliphatic carbocycles. The zero-order chi connectivity index (χ0) is 18.7. The van der Waals surface area contributed by atoms with Crippen molar-refractivity contribution in [3.63, 3.8) is 0 Å². The Bertz CT molecular complexity index is 620. The third-order valence-corrected chi connectivity index (χ3v) is 5.48. The second-order valence-electron chi connectivity index (χ2n) is 8.33. The fourth-order valence-corrected chi connectivity index (χ4v) is 4.13. The highest BCUT2D eigenvalue weighted by atomic mass is 16.7. The third-order valence-electron chi connectivity index (χ3n) is 5.48. The molecule has 6 heteroatoms. The summed E-state index contributed by atoms with van der Waals surface area (Å²) >= 11 is 0. The lowest BCUT2D eigenvalue weighted by Crippen LogP contribution is -2.40. The number of hydrogen-bond donors (Lipinski definition) is 0. The summed E-state index contributed by atoms with van der Waals surface area (Å²) in [6.07, 6.45) is 6.76. The number of carbonyl (C=O) groups is 1. The number of carbonyl (C=O) groups excluding carboxylic acids is 1. The van der Waals surface area contributed by atoms with E-state index >= 15 is 0 Å². The van der Waals surface area contributed by atoms with Gasteiger partial charge in [0.1, 0.15) is 6.10 Å². The lowest BCUT2D eigenvalue weighted by Gasteiger charge is -2.29. The monoisotopic (exact) mass is 363 g/mol. The topological polar surface area (TPSA) is 56.6 Å². The summed E-state index contributed by atoms with van der Waals surface area (Å²) in [6.45, 7) is 7.50. The Kier molecular flexibility index (Phi) is 6.03. The van der Waals surface area contributed by atoms with Gasteiger partial charge in [0.2, 0.25) is 5.91 Å². The summed E-state index contributed by atoms with van der Waals surface area (Å²) in [6, 6.07) is 2.05. The summed E-state index contributed by atoms with van der Waals surface area (Å²) < 4.78 is 13.5. The standard InChI is InChI=1S/C20H33N3O3/c1-15-10-17(22(4)21-15)12-23(13-18-14-25-20(2,3)26-18)19(24)11-16-8-6-5-7-9-16/h10,16,18H,5-9,11-14H2,1-4H3/t18-/m1/s1. The normalized spacial score (nSPS) is 23.3. The van der Waals surface area contributed by atoms with Gasteiger partial charge < -0.3 is 14.4 Å². The third kappa shape index (κ3) is 5.07. The average molecular weight is 364 g/mol. The van der Waals surface area contributed by atoms with Gasteiger partial charge in [-0.05, 0) is 45.6 Å². The van der Waals surface area contributed by atoms with Gasteiger partial charge in [0.15, 0.2) is 5.79 Å². The zero-order valence-corrected chi connectivity index (χ0v) is 16.7. The maximum atomic E-state index is 13.1. The number of aromatic nitrogens is 2. The molecule has 26 heavy (non-hydrogen) atoms.